The number of benzene rings is 2. The van der Waals surface area contributed by atoms with Crippen LogP contribution in [0.25, 0.3) is 0 Å². The first kappa shape index (κ1) is 51.9. The van der Waals surface area contributed by atoms with Crippen LogP contribution in [0.3, 0.4) is 0 Å². The summed E-state index contributed by atoms with van der Waals surface area (Å²) in [5.41, 5.74) is 7.79. The van der Waals surface area contributed by atoms with Gasteiger partial charge in [0.15, 0.2) is 0 Å². The van der Waals surface area contributed by atoms with Crippen molar-refractivity contribution in [3.63, 3.8) is 0 Å². The molecule has 0 unspecified atom stereocenters. The number of primary amides is 1. The summed E-state index contributed by atoms with van der Waals surface area (Å²) in [5.74, 6) is -5.18. The molecule has 0 spiro atoms. The van der Waals surface area contributed by atoms with E-state index >= 15 is 0 Å². The van der Waals surface area contributed by atoms with Crippen LogP contribution in [0.15, 0.2) is 84.2 Å². The lowest BCUT2D eigenvalue weighted by Crippen LogP contribution is -2.61. The lowest BCUT2D eigenvalue weighted by atomic mass is 9.96. The van der Waals surface area contributed by atoms with Crippen molar-refractivity contribution in [1.82, 2.24) is 46.2 Å². The molecule has 0 bridgehead atoms. The highest BCUT2D eigenvalue weighted by Crippen LogP contribution is 2.26. The Morgan fingerprint density at radius 2 is 1.33 bits per heavy atom. The number of imidazole rings is 1. The fourth-order valence-electron chi connectivity index (χ4n) is 6.85. The fourth-order valence-corrected chi connectivity index (χ4v) is 7.67. The van der Waals surface area contributed by atoms with Crippen LogP contribution in [-0.4, -0.2) is 98.6 Å². The number of imide groups is 1. The quantitative estimate of drug-likeness (QED) is 0.0640. The van der Waals surface area contributed by atoms with E-state index < -0.39 is 89.6 Å². The molecule has 19 nitrogen and oxygen atoms in total. The summed E-state index contributed by atoms with van der Waals surface area (Å²) in [6, 6.07) is 11.3. The molecule has 356 valence electrons. The van der Waals surface area contributed by atoms with Gasteiger partial charge in [-0.2, -0.15) is 0 Å². The highest BCUT2D eigenvalue weighted by molar-refractivity contribution is 8.00. The number of carbonyl (C=O) groups is 8. The second-order valence-electron chi connectivity index (χ2n) is 16.9. The van der Waals surface area contributed by atoms with Crippen LogP contribution in [0.5, 0.6) is 0 Å². The van der Waals surface area contributed by atoms with Crippen molar-refractivity contribution in [2.75, 3.05) is 6.54 Å². The van der Waals surface area contributed by atoms with Crippen molar-refractivity contribution in [2.24, 2.45) is 23.5 Å². The van der Waals surface area contributed by atoms with Crippen LogP contribution in [-0.2, 0) is 53.0 Å². The molecule has 4 rings (SSSR count). The number of carbonyl (C=O) groups excluding carboxylic acids is 8. The molecule has 3 aromatic rings. The SMILES string of the molecule is CC[C@H](C)[C@H](NC(=O)[C@@H](NC(=O)[C@H](CC(C)C)NC(=O)[C@H](Cc1c[nH]cn1)NC(=O)[C@H](Cc1ccccc1)NC(=O)OCc1ccccc1)C(C)C)C(=O)NC(=O)N1CC(CC(N)=O)=CS1. The van der Waals surface area contributed by atoms with E-state index in [-0.39, 0.29) is 44.8 Å². The van der Waals surface area contributed by atoms with E-state index in [1.807, 2.05) is 32.9 Å². The minimum Gasteiger partial charge on any atom is -0.445 e. The number of aromatic nitrogens is 2. The summed E-state index contributed by atoms with van der Waals surface area (Å²) < 4.78 is 6.67. The van der Waals surface area contributed by atoms with Crippen molar-refractivity contribution in [2.45, 2.75) is 110 Å². The Morgan fingerprint density at radius 1 is 0.742 bits per heavy atom. The molecule has 0 radical (unpaired) electrons. The van der Waals surface area contributed by atoms with E-state index in [4.69, 9.17) is 10.5 Å². The van der Waals surface area contributed by atoms with E-state index in [1.165, 1.54) is 10.6 Å². The lowest BCUT2D eigenvalue weighted by Gasteiger charge is -2.30. The maximum atomic E-state index is 14.3. The topological polar surface area (TPSA) is 276 Å². The highest BCUT2D eigenvalue weighted by Gasteiger charge is 2.36. The third-order valence-corrected chi connectivity index (χ3v) is 11.6. The molecule has 6 atom stereocenters. The van der Waals surface area contributed by atoms with Gasteiger partial charge < -0.3 is 42.0 Å². The van der Waals surface area contributed by atoms with Gasteiger partial charge in [-0.05, 0) is 58.2 Å². The summed E-state index contributed by atoms with van der Waals surface area (Å²) >= 11 is 1.01. The normalized spacial score (nSPS) is 15.0. The summed E-state index contributed by atoms with van der Waals surface area (Å²) in [7, 11) is 0. The molecule has 1 aliphatic rings. The molecule has 9 N–H and O–H groups in total. The van der Waals surface area contributed by atoms with E-state index in [2.05, 4.69) is 41.9 Å². The first-order valence-electron chi connectivity index (χ1n) is 21.9. The zero-order valence-corrected chi connectivity index (χ0v) is 38.9. The number of hydrogen-bond acceptors (Lipinski definition) is 11. The number of aromatic amines is 1. The third kappa shape index (κ3) is 16.7. The zero-order chi connectivity index (χ0) is 48.3. The number of ether oxygens (including phenoxy) is 1. The number of nitrogens with two attached hydrogens (primary N) is 1. The maximum Gasteiger partial charge on any atom is 0.408 e. The van der Waals surface area contributed by atoms with Gasteiger partial charge in [-0.25, -0.2) is 14.6 Å². The molecule has 20 heteroatoms. The van der Waals surface area contributed by atoms with E-state index in [0.717, 1.165) is 23.1 Å². The molecular weight excluding hydrogens is 869 g/mol. The van der Waals surface area contributed by atoms with Gasteiger partial charge in [0, 0.05) is 25.5 Å². The Morgan fingerprint density at radius 3 is 1.91 bits per heavy atom. The maximum absolute atomic E-state index is 14.3. The van der Waals surface area contributed by atoms with E-state index in [1.54, 1.807) is 80.9 Å². The molecule has 0 saturated carbocycles. The second kappa shape index (κ2) is 25.7. The number of H-pyrrole nitrogens is 1. The first-order valence-corrected chi connectivity index (χ1v) is 22.7. The van der Waals surface area contributed by atoms with Crippen molar-refractivity contribution in [1.29, 1.82) is 0 Å². The molecule has 0 saturated heterocycles. The Kier molecular flexibility index (Phi) is 20.2. The average Bonchev–Trinajstić information content (AvgIpc) is 3.98. The van der Waals surface area contributed by atoms with Gasteiger partial charge in [0.2, 0.25) is 29.5 Å². The molecule has 0 aliphatic carbocycles. The van der Waals surface area contributed by atoms with Crippen LogP contribution in [0.1, 0.15) is 77.6 Å². The molecule has 1 aliphatic heterocycles. The highest BCUT2D eigenvalue weighted by atomic mass is 32.2. The third-order valence-electron chi connectivity index (χ3n) is 10.6. The minimum atomic E-state index is -1.28. The van der Waals surface area contributed by atoms with Gasteiger partial charge >= 0.3 is 12.1 Å². The van der Waals surface area contributed by atoms with E-state index in [9.17, 15) is 38.4 Å². The van der Waals surface area contributed by atoms with Crippen molar-refractivity contribution >= 4 is 59.5 Å². The number of hydrogen-bond donors (Lipinski definition) is 8. The van der Waals surface area contributed by atoms with Gasteiger partial charge in [-0.15, -0.1) is 0 Å². The second-order valence-corrected chi connectivity index (χ2v) is 17.8. The molecule has 66 heavy (non-hydrogen) atoms. The van der Waals surface area contributed by atoms with E-state index in [0.29, 0.717) is 17.7 Å². The monoisotopic (exact) mass is 930 g/mol. The number of amides is 9. The summed E-state index contributed by atoms with van der Waals surface area (Å²) in [5, 5.41) is 17.6. The van der Waals surface area contributed by atoms with Gasteiger partial charge in [0.05, 0.1) is 18.6 Å². The van der Waals surface area contributed by atoms with Crippen LogP contribution >= 0.6 is 11.9 Å². The van der Waals surface area contributed by atoms with Crippen LogP contribution in [0.2, 0.25) is 0 Å². The smallest absolute Gasteiger partial charge is 0.408 e. The minimum absolute atomic E-state index is 0.0363. The van der Waals surface area contributed by atoms with Crippen molar-refractivity contribution < 1.29 is 43.1 Å². The molecule has 2 aromatic carbocycles. The van der Waals surface area contributed by atoms with Gasteiger partial charge in [0.25, 0.3) is 5.91 Å². The van der Waals surface area contributed by atoms with Gasteiger partial charge in [-0.3, -0.25) is 38.4 Å². The Balaban J connectivity index is 1.49. The van der Waals surface area contributed by atoms with Crippen molar-refractivity contribution in [3.05, 3.63) is 101 Å². The van der Waals surface area contributed by atoms with Crippen LogP contribution < -0.4 is 37.6 Å². The molecule has 9 amide bonds. The predicted octanol–water partition coefficient (Wildman–Crippen LogP) is 3.14. The largest absolute Gasteiger partial charge is 0.445 e. The standard InChI is InChI=1S/C46H62N10O9S/c1-7-29(6)39(44(62)55-45(63)56-23-32(25-66-56)20-37(47)57)54-43(61)38(28(4)5)53-42(60)34(18-27(2)3)50-41(59)36(21-33-22-48-26-49-33)51-40(58)35(19-30-14-10-8-11-15-30)52-46(64)65-24-31-16-12-9-13-17-31/h8-17,22,25-29,34-36,38-39H,7,18-21,23-24H2,1-6H3,(H2,47,57)(H,48,49)(H,50,59)(H,51,58)(H,52,64)(H,53,60)(H,54,61)(H,55,62,63)/t29-,34-,35-,36-,38-,39-/m0/s1. The number of alkyl carbamates (subject to hydrolysis) is 1. The Labute approximate surface area is 389 Å². The predicted molar refractivity (Wildman–Crippen MR) is 247 cm³/mol. The first-order chi connectivity index (χ1) is 31.4. The lowest BCUT2D eigenvalue weighted by molar-refractivity contribution is -0.135. The number of nitrogens with one attached hydrogen (secondary N) is 7. The molecular formula is C46H62N10O9S. The summed E-state index contributed by atoms with van der Waals surface area (Å²) in [4.78, 5) is 114. The number of nitrogens with zero attached hydrogens (tertiary/aromatic N) is 2. The number of rotatable bonds is 23. The van der Waals surface area contributed by atoms with Gasteiger partial charge in [0.1, 0.15) is 36.8 Å². The van der Waals surface area contributed by atoms with Crippen LogP contribution in [0, 0.1) is 17.8 Å². The molecule has 1 aromatic heterocycles. The Hall–Kier alpha value is -6.70. The fraction of sp³-hybridized carbons (Fsp3) is 0.457. The number of urea groups is 1. The molecule has 2 heterocycles. The molecule has 0 fully saturated rings. The zero-order valence-electron chi connectivity index (χ0n) is 38.1. The summed E-state index contributed by atoms with van der Waals surface area (Å²) in [6.07, 6.45) is 2.66. The average molecular weight is 931 g/mol. The van der Waals surface area contributed by atoms with Gasteiger partial charge in [-0.1, -0.05) is 109 Å². The Bertz CT molecular complexity index is 2150. The van der Waals surface area contributed by atoms with Crippen LogP contribution in [0.4, 0.5) is 9.59 Å². The van der Waals surface area contributed by atoms with Crippen molar-refractivity contribution in [3.8, 4) is 0 Å². The summed E-state index contributed by atoms with van der Waals surface area (Å²) in [6.45, 7) is 10.7.